The van der Waals surface area contributed by atoms with E-state index in [-0.39, 0.29) is 35.6 Å². The number of esters is 1. The molecular formula is C26H33FN2O7. The molecule has 2 aromatic rings. The van der Waals surface area contributed by atoms with Gasteiger partial charge in [0.25, 0.3) is 5.91 Å². The van der Waals surface area contributed by atoms with E-state index in [0.717, 1.165) is 0 Å². The lowest BCUT2D eigenvalue weighted by molar-refractivity contribution is -0.132. The third-order valence-corrected chi connectivity index (χ3v) is 5.65. The second-order valence-corrected chi connectivity index (χ2v) is 8.95. The highest BCUT2D eigenvalue weighted by atomic mass is 19.1. The normalized spacial score (nSPS) is 14.4. The molecule has 0 bridgehead atoms. The van der Waals surface area contributed by atoms with Gasteiger partial charge in [-0.25, -0.2) is 9.37 Å². The average Bonchev–Trinajstić information content (AvgIpc) is 2.83. The number of halogens is 1. The van der Waals surface area contributed by atoms with Gasteiger partial charge in [0.05, 0.1) is 26.9 Å². The van der Waals surface area contributed by atoms with E-state index in [9.17, 15) is 18.8 Å². The summed E-state index contributed by atoms with van der Waals surface area (Å²) < 4.78 is 36.1. The predicted octanol–water partition coefficient (Wildman–Crippen LogP) is 3.70. The maximum atomic E-state index is 14.8. The van der Waals surface area contributed by atoms with Crippen LogP contribution in [0.25, 0.3) is 0 Å². The summed E-state index contributed by atoms with van der Waals surface area (Å²) in [6, 6.07) is 6.08. The summed E-state index contributed by atoms with van der Waals surface area (Å²) in [6.45, 7) is 8.13. The molecule has 0 saturated heterocycles. The molecule has 2 rings (SSSR count). The second kappa shape index (κ2) is 12.4. The van der Waals surface area contributed by atoms with E-state index in [1.54, 1.807) is 19.1 Å². The van der Waals surface area contributed by atoms with Gasteiger partial charge in [0, 0.05) is 31.2 Å². The van der Waals surface area contributed by atoms with Crippen LogP contribution in [0.4, 0.5) is 4.39 Å². The number of amides is 1. The number of carbonyl (C=O) groups excluding carboxylic acids is 3. The van der Waals surface area contributed by atoms with E-state index in [4.69, 9.17) is 18.9 Å². The van der Waals surface area contributed by atoms with Gasteiger partial charge >= 0.3 is 5.97 Å². The van der Waals surface area contributed by atoms with Crippen LogP contribution < -0.4 is 19.5 Å². The number of benzene rings is 1. The van der Waals surface area contributed by atoms with Gasteiger partial charge in [0.15, 0.2) is 11.4 Å². The fourth-order valence-electron chi connectivity index (χ4n) is 3.88. The molecule has 1 aromatic carbocycles. The Morgan fingerprint density at radius 1 is 1.17 bits per heavy atom. The molecule has 0 aliphatic carbocycles. The smallest absolute Gasteiger partial charge is 0.308 e. The molecule has 36 heavy (non-hydrogen) atoms. The molecule has 9 nitrogen and oxygen atoms in total. The second-order valence-electron chi connectivity index (χ2n) is 8.95. The van der Waals surface area contributed by atoms with Gasteiger partial charge in [-0.05, 0) is 31.4 Å². The van der Waals surface area contributed by atoms with E-state index in [1.165, 1.54) is 46.4 Å². The Hall–Kier alpha value is -3.53. The number of hydrogen-bond acceptors (Lipinski definition) is 8. The molecule has 1 N–H and O–H groups in total. The minimum Gasteiger partial charge on any atom is -0.497 e. The summed E-state index contributed by atoms with van der Waals surface area (Å²) in [5.74, 6) is -1.81. The number of aromatic nitrogens is 1. The standard InChI is InChI=1S/C26H33FN2O7/c1-15(2)22(19-9-8-18(33-6)12-20(19)27)16(3)35-14-26(5,13-30)29-25(32)23-24(36-17(4)31)21(34-7)10-11-28-23/h8-13,15-16,22H,14H2,1-7H3,(H,29,32)/t16-,22+,26+/m0/s1. The van der Waals surface area contributed by atoms with E-state index < -0.39 is 29.3 Å². The molecular weight excluding hydrogens is 471 g/mol. The lowest BCUT2D eigenvalue weighted by Crippen LogP contribution is -2.52. The van der Waals surface area contributed by atoms with Crippen LogP contribution in [0.2, 0.25) is 0 Å². The highest BCUT2D eigenvalue weighted by Crippen LogP contribution is 2.34. The Labute approximate surface area is 210 Å². The van der Waals surface area contributed by atoms with Crippen LogP contribution in [-0.2, 0) is 14.3 Å². The Kier molecular flexibility index (Phi) is 9.92. The Morgan fingerprint density at radius 3 is 2.39 bits per heavy atom. The zero-order valence-electron chi connectivity index (χ0n) is 21.6. The van der Waals surface area contributed by atoms with Gasteiger partial charge in [-0.15, -0.1) is 0 Å². The number of ether oxygens (including phenoxy) is 4. The van der Waals surface area contributed by atoms with Crippen LogP contribution in [-0.4, -0.2) is 55.6 Å². The molecule has 10 heteroatoms. The predicted molar refractivity (Wildman–Crippen MR) is 130 cm³/mol. The molecule has 1 aromatic heterocycles. The number of carbonyl (C=O) groups is 3. The first-order valence-corrected chi connectivity index (χ1v) is 11.4. The molecule has 0 radical (unpaired) electrons. The van der Waals surface area contributed by atoms with Crippen LogP contribution >= 0.6 is 0 Å². The minimum absolute atomic E-state index is 0.00671. The summed E-state index contributed by atoms with van der Waals surface area (Å²) in [4.78, 5) is 40.5. The SMILES string of the molecule is COc1ccc([C@H](C(C)C)[C@H](C)OC[C@@](C)(C=O)NC(=O)c2nccc(OC)c2OC(C)=O)c(F)c1. The molecule has 3 atom stereocenters. The van der Waals surface area contributed by atoms with Crippen molar-refractivity contribution in [2.75, 3.05) is 20.8 Å². The van der Waals surface area contributed by atoms with Gasteiger partial charge in [-0.2, -0.15) is 0 Å². The van der Waals surface area contributed by atoms with Gasteiger partial charge in [-0.1, -0.05) is 19.9 Å². The van der Waals surface area contributed by atoms with E-state index in [2.05, 4.69) is 10.3 Å². The van der Waals surface area contributed by atoms with Crippen LogP contribution in [0.1, 0.15) is 56.6 Å². The third kappa shape index (κ3) is 7.00. The molecule has 0 aliphatic rings. The van der Waals surface area contributed by atoms with Crippen LogP contribution in [0.15, 0.2) is 30.5 Å². The minimum atomic E-state index is -1.45. The zero-order chi connectivity index (χ0) is 27.0. The monoisotopic (exact) mass is 504 g/mol. The molecule has 0 spiro atoms. The summed E-state index contributed by atoms with van der Waals surface area (Å²) in [6.07, 6.45) is 1.35. The molecule has 196 valence electrons. The zero-order valence-corrected chi connectivity index (χ0v) is 21.6. The third-order valence-electron chi connectivity index (χ3n) is 5.65. The molecule has 0 saturated carbocycles. The van der Waals surface area contributed by atoms with Gasteiger partial charge in [-0.3, -0.25) is 9.59 Å². The van der Waals surface area contributed by atoms with Crippen LogP contribution in [0.3, 0.4) is 0 Å². The summed E-state index contributed by atoms with van der Waals surface area (Å²) in [5.41, 5.74) is -1.23. The van der Waals surface area contributed by atoms with Gasteiger partial charge in [0.1, 0.15) is 23.4 Å². The topological polar surface area (TPSA) is 113 Å². The lowest BCUT2D eigenvalue weighted by Gasteiger charge is -2.32. The summed E-state index contributed by atoms with van der Waals surface area (Å²) in [5, 5.41) is 2.58. The maximum absolute atomic E-state index is 14.8. The van der Waals surface area contributed by atoms with Crippen molar-refractivity contribution in [1.82, 2.24) is 10.3 Å². The first-order chi connectivity index (χ1) is 17.0. The van der Waals surface area contributed by atoms with Crippen molar-refractivity contribution in [3.63, 3.8) is 0 Å². The number of hydrogen-bond donors (Lipinski definition) is 1. The highest BCUT2D eigenvalue weighted by Gasteiger charge is 2.33. The van der Waals surface area contributed by atoms with E-state index in [1.807, 2.05) is 13.8 Å². The van der Waals surface area contributed by atoms with E-state index in [0.29, 0.717) is 17.6 Å². The van der Waals surface area contributed by atoms with Crippen molar-refractivity contribution in [2.45, 2.75) is 52.2 Å². The summed E-state index contributed by atoms with van der Waals surface area (Å²) in [7, 11) is 2.82. The van der Waals surface area contributed by atoms with E-state index >= 15 is 0 Å². The number of pyridine rings is 1. The Bertz CT molecular complexity index is 1090. The van der Waals surface area contributed by atoms with Crippen LogP contribution in [0, 0.1) is 11.7 Å². The Balaban J connectivity index is 2.22. The van der Waals surface area contributed by atoms with Crippen molar-refractivity contribution in [3.05, 3.63) is 47.5 Å². The number of nitrogens with one attached hydrogen (secondary N) is 1. The molecule has 0 fully saturated rings. The highest BCUT2D eigenvalue weighted by molar-refractivity contribution is 5.98. The van der Waals surface area contributed by atoms with Gasteiger partial charge in [0.2, 0.25) is 5.75 Å². The number of methoxy groups -OCH3 is 2. The molecule has 0 unspecified atom stereocenters. The Morgan fingerprint density at radius 2 is 1.86 bits per heavy atom. The summed E-state index contributed by atoms with van der Waals surface area (Å²) >= 11 is 0. The van der Waals surface area contributed by atoms with Crippen molar-refractivity contribution in [1.29, 1.82) is 0 Å². The molecule has 1 amide bonds. The number of nitrogens with zero attached hydrogens (tertiary/aromatic N) is 1. The first-order valence-electron chi connectivity index (χ1n) is 11.4. The maximum Gasteiger partial charge on any atom is 0.308 e. The average molecular weight is 505 g/mol. The van der Waals surface area contributed by atoms with Gasteiger partial charge < -0.3 is 29.1 Å². The van der Waals surface area contributed by atoms with Crippen molar-refractivity contribution < 1.29 is 37.7 Å². The fourth-order valence-corrected chi connectivity index (χ4v) is 3.88. The number of rotatable bonds is 12. The largest absolute Gasteiger partial charge is 0.497 e. The van der Waals surface area contributed by atoms with Crippen LogP contribution in [0.5, 0.6) is 17.2 Å². The van der Waals surface area contributed by atoms with Crippen molar-refractivity contribution in [2.24, 2.45) is 5.92 Å². The lowest BCUT2D eigenvalue weighted by atomic mass is 9.84. The quantitative estimate of drug-likeness (QED) is 0.344. The van der Waals surface area contributed by atoms with Crippen molar-refractivity contribution in [3.8, 4) is 17.2 Å². The number of aldehydes is 1. The first kappa shape index (κ1) is 28.7. The van der Waals surface area contributed by atoms with Crippen molar-refractivity contribution >= 4 is 18.2 Å². The molecule has 0 aliphatic heterocycles. The fraction of sp³-hybridized carbons (Fsp3) is 0.462. The molecule has 1 heterocycles.